The first-order chi connectivity index (χ1) is 10.6. The van der Waals surface area contributed by atoms with Crippen molar-refractivity contribution in [3.05, 3.63) is 58.6 Å². The number of para-hydroxylation sites is 1. The highest BCUT2D eigenvalue weighted by Crippen LogP contribution is 2.34. The molecule has 2 aromatic carbocycles. The van der Waals surface area contributed by atoms with Crippen molar-refractivity contribution < 1.29 is 9.53 Å². The van der Waals surface area contributed by atoms with Gasteiger partial charge in [0, 0.05) is 17.3 Å². The van der Waals surface area contributed by atoms with Crippen LogP contribution in [-0.2, 0) is 6.42 Å². The summed E-state index contributed by atoms with van der Waals surface area (Å²) in [7, 11) is 0. The van der Waals surface area contributed by atoms with Crippen LogP contribution in [0.2, 0.25) is 5.02 Å². The van der Waals surface area contributed by atoms with Crippen molar-refractivity contribution in [1.82, 2.24) is 0 Å². The van der Waals surface area contributed by atoms with E-state index in [1.807, 2.05) is 30.0 Å². The normalized spacial score (nSPS) is 16.5. The number of halogens is 1. The molecule has 1 atom stereocenters. The highest BCUT2D eigenvalue weighted by molar-refractivity contribution is 6.32. The number of benzene rings is 2. The lowest BCUT2D eigenvalue weighted by Crippen LogP contribution is -2.35. The van der Waals surface area contributed by atoms with E-state index in [-0.39, 0.29) is 11.9 Å². The summed E-state index contributed by atoms with van der Waals surface area (Å²) in [5.74, 6) is 0.581. The number of anilines is 1. The Morgan fingerprint density at radius 1 is 1.32 bits per heavy atom. The third-order valence-electron chi connectivity index (χ3n) is 3.90. The lowest BCUT2D eigenvalue weighted by Gasteiger charge is -2.23. The van der Waals surface area contributed by atoms with E-state index < -0.39 is 0 Å². The molecule has 0 aromatic heterocycles. The zero-order valence-electron chi connectivity index (χ0n) is 12.7. The molecule has 0 saturated carbocycles. The summed E-state index contributed by atoms with van der Waals surface area (Å²) >= 11 is 6.20. The summed E-state index contributed by atoms with van der Waals surface area (Å²) in [5, 5.41) is 0.466. The second kappa shape index (κ2) is 6.01. The summed E-state index contributed by atoms with van der Waals surface area (Å²) in [4.78, 5) is 14.7. The van der Waals surface area contributed by atoms with Crippen LogP contribution in [0.1, 0.15) is 29.8 Å². The van der Waals surface area contributed by atoms with E-state index >= 15 is 0 Å². The lowest BCUT2D eigenvalue weighted by molar-refractivity contribution is 0.0981. The van der Waals surface area contributed by atoms with E-state index in [1.165, 1.54) is 5.56 Å². The maximum Gasteiger partial charge on any atom is 0.258 e. The second-order valence-electron chi connectivity index (χ2n) is 5.44. The standard InChI is InChI=1S/C18H18ClNO2/c1-3-22-17-9-8-14(11-15(17)19)18(21)20-12(2)10-13-6-4-5-7-16(13)20/h4-9,11-12H,3,10H2,1-2H3/t12-/m1/s1. The number of fused-ring (bicyclic) bond motifs is 1. The molecular formula is C18H18ClNO2. The lowest BCUT2D eigenvalue weighted by atomic mass is 10.1. The third-order valence-corrected chi connectivity index (χ3v) is 4.20. The molecule has 1 aliphatic heterocycles. The van der Waals surface area contributed by atoms with Gasteiger partial charge >= 0.3 is 0 Å². The molecule has 0 spiro atoms. The Labute approximate surface area is 135 Å². The van der Waals surface area contributed by atoms with Gasteiger partial charge in [0.15, 0.2) is 0 Å². The molecule has 3 rings (SSSR count). The first-order valence-electron chi connectivity index (χ1n) is 7.45. The number of carbonyl (C=O) groups excluding carboxylic acids is 1. The molecule has 0 radical (unpaired) electrons. The number of nitrogens with zero attached hydrogens (tertiary/aromatic N) is 1. The fraction of sp³-hybridized carbons (Fsp3) is 0.278. The number of hydrogen-bond acceptors (Lipinski definition) is 2. The van der Waals surface area contributed by atoms with Gasteiger partial charge < -0.3 is 9.64 Å². The van der Waals surface area contributed by atoms with E-state index in [0.717, 1.165) is 12.1 Å². The van der Waals surface area contributed by atoms with E-state index in [0.29, 0.717) is 22.9 Å². The molecule has 0 fully saturated rings. The van der Waals surface area contributed by atoms with Gasteiger partial charge in [-0.3, -0.25) is 4.79 Å². The summed E-state index contributed by atoms with van der Waals surface area (Å²) < 4.78 is 5.42. The smallest absolute Gasteiger partial charge is 0.258 e. The molecule has 0 bridgehead atoms. The average Bonchev–Trinajstić information content (AvgIpc) is 2.84. The van der Waals surface area contributed by atoms with Crippen molar-refractivity contribution in [3.63, 3.8) is 0 Å². The predicted octanol–water partition coefficient (Wildman–Crippen LogP) is 4.33. The maximum absolute atomic E-state index is 12.9. The van der Waals surface area contributed by atoms with Gasteiger partial charge in [-0.25, -0.2) is 0 Å². The average molecular weight is 316 g/mol. The molecule has 0 saturated heterocycles. The third kappa shape index (κ3) is 2.57. The molecule has 22 heavy (non-hydrogen) atoms. The van der Waals surface area contributed by atoms with E-state index in [4.69, 9.17) is 16.3 Å². The van der Waals surface area contributed by atoms with Crippen molar-refractivity contribution >= 4 is 23.2 Å². The van der Waals surface area contributed by atoms with Crippen LogP contribution in [0.15, 0.2) is 42.5 Å². The van der Waals surface area contributed by atoms with Crippen LogP contribution in [0, 0.1) is 0 Å². The number of ether oxygens (including phenoxy) is 1. The molecule has 0 N–H and O–H groups in total. The van der Waals surface area contributed by atoms with Crippen molar-refractivity contribution in [2.45, 2.75) is 26.3 Å². The predicted molar refractivity (Wildman–Crippen MR) is 89.0 cm³/mol. The molecule has 2 aromatic rings. The van der Waals surface area contributed by atoms with Gasteiger partial charge in [0.05, 0.1) is 11.6 Å². The van der Waals surface area contributed by atoms with Crippen LogP contribution in [0.4, 0.5) is 5.69 Å². The molecule has 1 aliphatic rings. The van der Waals surface area contributed by atoms with Gasteiger partial charge in [-0.2, -0.15) is 0 Å². The molecule has 0 unspecified atom stereocenters. The van der Waals surface area contributed by atoms with E-state index in [9.17, 15) is 4.79 Å². The molecule has 1 amide bonds. The Morgan fingerprint density at radius 2 is 2.09 bits per heavy atom. The Hall–Kier alpha value is -2.00. The van der Waals surface area contributed by atoms with Gasteiger partial charge in [0.1, 0.15) is 5.75 Å². The highest BCUT2D eigenvalue weighted by Gasteiger charge is 2.31. The molecule has 1 heterocycles. The van der Waals surface area contributed by atoms with Crippen molar-refractivity contribution in [2.75, 3.05) is 11.5 Å². The van der Waals surface area contributed by atoms with Gasteiger partial charge in [0.2, 0.25) is 0 Å². The fourth-order valence-corrected chi connectivity index (χ4v) is 3.16. The molecule has 0 aliphatic carbocycles. The summed E-state index contributed by atoms with van der Waals surface area (Å²) in [6, 6.07) is 13.4. The van der Waals surface area contributed by atoms with Gasteiger partial charge in [-0.05, 0) is 50.1 Å². The largest absolute Gasteiger partial charge is 0.492 e. The van der Waals surface area contributed by atoms with Crippen LogP contribution in [-0.4, -0.2) is 18.6 Å². The van der Waals surface area contributed by atoms with Gasteiger partial charge in [0.25, 0.3) is 5.91 Å². The Morgan fingerprint density at radius 3 is 2.82 bits per heavy atom. The van der Waals surface area contributed by atoms with Crippen LogP contribution >= 0.6 is 11.6 Å². The first-order valence-corrected chi connectivity index (χ1v) is 7.83. The Bertz CT molecular complexity index is 714. The zero-order chi connectivity index (χ0) is 15.7. The Balaban J connectivity index is 1.93. The Kier molecular flexibility index (Phi) is 4.08. The minimum atomic E-state index is -0.0256. The maximum atomic E-state index is 12.9. The number of rotatable bonds is 3. The molecule has 4 heteroatoms. The van der Waals surface area contributed by atoms with Crippen LogP contribution in [0.5, 0.6) is 5.75 Å². The van der Waals surface area contributed by atoms with Crippen molar-refractivity contribution in [1.29, 1.82) is 0 Å². The molecule has 3 nitrogen and oxygen atoms in total. The molecular weight excluding hydrogens is 298 g/mol. The summed E-state index contributed by atoms with van der Waals surface area (Å²) in [6.45, 7) is 4.51. The number of carbonyl (C=O) groups is 1. The van der Waals surface area contributed by atoms with Crippen LogP contribution in [0.25, 0.3) is 0 Å². The first kappa shape index (κ1) is 14.9. The topological polar surface area (TPSA) is 29.5 Å². The van der Waals surface area contributed by atoms with E-state index in [1.54, 1.807) is 18.2 Å². The quantitative estimate of drug-likeness (QED) is 0.843. The van der Waals surface area contributed by atoms with Gasteiger partial charge in [-0.15, -0.1) is 0 Å². The van der Waals surface area contributed by atoms with Crippen LogP contribution < -0.4 is 9.64 Å². The summed E-state index contributed by atoms with van der Waals surface area (Å²) in [5.41, 5.74) is 2.78. The monoisotopic (exact) mass is 315 g/mol. The minimum Gasteiger partial charge on any atom is -0.492 e. The second-order valence-corrected chi connectivity index (χ2v) is 5.84. The summed E-state index contributed by atoms with van der Waals surface area (Å²) in [6.07, 6.45) is 0.882. The highest BCUT2D eigenvalue weighted by atomic mass is 35.5. The SMILES string of the molecule is CCOc1ccc(C(=O)N2c3ccccc3C[C@H]2C)cc1Cl. The van der Waals surface area contributed by atoms with Crippen molar-refractivity contribution in [2.24, 2.45) is 0 Å². The fourth-order valence-electron chi connectivity index (χ4n) is 2.92. The number of hydrogen-bond donors (Lipinski definition) is 0. The van der Waals surface area contributed by atoms with Crippen molar-refractivity contribution in [3.8, 4) is 5.75 Å². The van der Waals surface area contributed by atoms with Crippen LogP contribution in [0.3, 0.4) is 0 Å². The van der Waals surface area contributed by atoms with E-state index in [2.05, 4.69) is 13.0 Å². The number of amides is 1. The minimum absolute atomic E-state index is 0.0256. The zero-order valence-corrected chi connectivity index (χ0v) is 13.4. The molecule has 114 valence electrons. The van der Waals surface area contributed by atoms with Gasteiger partial charge in [-0.1, -0.05) is 29.8 Å².